The number of nitrogens with zero attached hydrogens (tertiary/aromatic N) is 3. The van der Waals surface area contributed by atoms with E-state index in [2.05, 4.69) is 54.2 Å². The van der Waals surface area contributed by atoms with Crippen molar-refractivity contribution in [2.45, 2.75) is 40.0 Å². The van der Waals surface area contributed by atoms with Crippen LogP contribution in [0.5, 0.6) is 0 Å². The zero-order valence-corrected chi connectivity index (χ0v) is 12.4. The molecule has 0 amide bonds. The Labute approximate surface area is 109 Å². The lowest BCUT2D eigenvalue weighted by Gasteiger charge is -2.17. The highest BCUT2D eigenvalue weighted by Crippen LogP contribution is 2.22. The molecule has 0 fully saturated rings. The fourth-order valence-corrected chi connectivity index (χ4v) is 2.24. The topological polar surface area (TPSA) is 41.0 Å². The molecule has 1 rings (SSSR count). The summed E-state index contributed by atoms with van der Waals surface area (Å²) in [5.41, 5.74) is 0.0370. The molecular formula is C12H24N4S. The van der Waals surface area contributed by atoms with Gasteiger partial charge in [-0.05, 0) is 13.1 Å². The van der Waals surface area contributed by atoms with Crippen molar-refractivity contribution in [2.24, 2.45) is 0 Å². The molecule has 0 aliphatic carbocycles. The summed E-state index contributed by atoms with van der Waals surface area (Å²) < 4.78 is 4.38. The highest BCUT2D eigenvalue weighted by Gasteiger charge is 2.19. The Balaban J connectivity index is 2.40. The molecular weight excluding hydrogens is 232 g/mol. The second-order valence-corrected chi connectivity index (χ2v) is 5.88. The normalized spacial score (nSPS) is 12.1. The third-order valence-corrected chi connectivity index (χ3v) is 3.37. The summed E-state index contributed by atoms with van der Waals surface area (Å²) in [6.07, 6.45) is 0. The average Bonchev–Trinajstić information content (AvgIpc) is 2.73. The molecule has 0 atom stereocenters. The van der Waals surface area contributed by atoms with Crippen LogP contribution in [0.4, 0.5) is 5.13 Å². The van der Waals surface area contributed by atoms with Crippen molar-refractivity contribution in [1.29, 1.82) is 0 Å². The van der Waals surface area contributed by atoms with Gasteiger partial charge in [-0.25, -0.2) is 4.98 Å². The first-order valence-corrected chi connectivity index (χ1v) is 7.05. The predicted molar refractivity (Wildman–Crippen MR) is 74.9 cm³/mol. The number of likely N-dealkylation sites (N-methyl/N-ethyl adjacent to an activating group) is 1. The third kappa shape index (κ3) is 4.60. The van der Waals surface area contributed by atoms with Crippen molar-refractivity contribution in [3.63, 3.8) is 0 Å². The van der Waals surface area contributed by atoms with E-state index in [0.29, 0.717) is 0 Å². The highest BCUT2D eigenvalue weighted by atomic mass is 32.1. The molecule has 0 radical (unpaired) electrons. The second kappa shape index (κ2) is 6.31. The van der Waals surface area contributed by atoms with Gasteiger partial charge in [0.1, 0.15) is 5.82 Å². The van der Waals surface area contributed by atoms with Crippen LogP contribution in [0.1, 0.15) is 40.4 Å². The Hall–Kier alpha value is -0.680. The van der Waals surface area contributed by atoms with Crippen LogP contribution in [0, 0.1) is 0 Å². The van der Waals surface area contributed by atoms with Gasteiger partial charge in [-0.1, -0.05) is 34.6 Å². The molecule has 5 heteroatoms. The van der Waals surface area contributed by atoms with Crippen LogP contribution in [0.3, 0.4) is 0 Å². The molecule has 1 aromatic rings. The third-order valence-electron chi connectivity index (χ3n) is 2.70. The van der Waals surface area contributed by atoms with E-state index in [1.54, 1.807) is 0 Å². The molecule has 0 saturated carbocycles. The zero-order chi connectivity index (χ0) is 12.9. The smallest absolute Gasteiger partial charge is 0.202 e. The molecule has 98 valence electrons. The van der Waals surface area contributed by atoms with Gasteiger partial charge in [0.05, 0.1) is 0 Å². The van der Waals surface area contributed by atoms with E-state index < -0.39 is 0 Å². The van der Waals surface area contributed by atoms with E-state index in [4.69, 9.17) is 0 Å². The minimum absolute atomic E-state index is 0.0370. The lowest BCUT2D eigenvalue weighted by Crippen LogP contribution is -2.28. The van der Waals surface area contributed by atoms with Crippen LogP contribution < -0.4 is 5.32 Å². The van der Waals surface area contributed by atoms with Crippen LogP contribution in [0.25, 0.3) is 0 Å². The Morgan fingerprint density at radius 2 is 1.88 bits per heavy atom. The van der Waals surface area contributed by atoms with E-state index in [1.807, 2.05) is 0 Å². The Morgan fingerprint density at radius 1 is 1.24 bits per heavy atom. The number of nitrogens with one attached hydrogen (secondary N) is 1. The van der Waals surface area contributed by atoms with Gasteiger partial charge in [0.15, 0.2) is 0 Å². The van der Waals surface area contributed by atoms with Crippen molar-refractivity contribution in [2.75, 3.05) is 31.5 Å². The Kier molecular flexibility index (Phi) is 5.33. The van der Waals surface area contributed by atoms with Gasteiger partial charge in [-0.15, -0.1) is 0 Å². The van der Waals surface area contributed by atoms with E-state index >= 15 is 0 Å². The zero-order valence-electron chi connectivity index (χ0n) is 11.6. The van der Waals surface area contributed by atoms with Crippen LogP contribution in [0.15, 0.2) is 0 Å². The average molecular weight is 256 g/mol. The van der Waals surface area contributed by atoms with Crippen LogP contribution >= 0.6 is 11.5 Å². The second-order valence-electron chi connectivity index (χ2n) is 5.13. The van der Waals surface area contributed by atoms with Crippen molar-refractivity contribution >= 4 is 16.7 Å². The monoisotopic (exact) mass is 256 g/mol. The summed E-state index contributed by atoms with van der Waals surface area (Å²) in [6.45, 7) is 15.0. The summed E-state index contributed by atoms with van der Waals surface area (Å²) in [5.74, 6) is 0.924. The minimum Gasteiger partial charge on any atom is -0.359 e. The van der Waals surface area contributed by atoms with Crippen LogP contribution in [0.2, 0.25) is 0 Å². The van der Waals surface area contributed by atoms with Gasteiger partial charge in [0, 0.05) is 30.0 Å². The lowest BCUT2D eigenvalue weighted by atomic mass is 9.96. The van der Waals surface area contributed by atoms with Gasteiger partial charge >= 0.3 is 0 Å². The number of anilines is 1. The van der Waals surface area contributed by atoms with Crippen LogP contribution in [-0.4, -0.2) is 40.4 Å². The molecule has 0 aromatic carbocycles. The number of hydrogen-bond donors (Lipinski definition) is 1. The lowest BCUT2D eigenvalue weighted by molar-refractivity contribution is 0.316. The number of aromatic nitrogens is 2. The van der Waals surface area contributed by atoms with E-state index in [0.717, 1.165) is 37.1 Å². The first-order valence-electron chi connectivity index (χ1n) is 6.27. The molecule has 0 unspecified atom stereocenters. The minimum atomic E-state index is 0.0370. The summed E-state index contributed by atoms with van der Waals surface area (Å²) in [7, 11) is 0. The van der Waals surface area contributed by atoms with Gasteiger partial charge in [-0.3, -0.25) is 0 Å². The quantitative estimate of drug-likeness (QED) is 0.849. The van der Waals surface area contributed by atoms with E-state index in [-0.39, 0.29) is 5.41 Å². The fraction of sp³-hybridized carbons (Fsp3) is 0.833. The molecule has 0 spiro atoms. The molecule has 4 nitrogen and oxygen atoms in total. The maximum Gasteiger partial charge on any atom is 0.202 e. The maximum absolute atomic E-state index is 4.51. The Morgan fingerprint density at radius 3 is 2.35 bits per heavy atom. The van der Waals surface area contributed by atoms with Crippen molar-refractivity contribution in [1.82, 2.24) is 14.3 Å². The number of hydrogen-bond acceptors (Lipinski definition) is 5. The molecule has 0 bridgehead atoms. The first kappa shape index (κ1) is 14.4. The van der Waals surface area contributed by atoms with Gasteiger partial charge in [-0.2, -0.15) is 4.37 Å². The standard InChI is InChI=1S/C12H24N4S/c1-6-16(7-2)9-8-13-11-14-10(15-17-11)12(3,4)5/h6-9H2,1-5H3,(H,13,14,15). The molecule has 0 saturated heterocycles. The van der Waals surface area contributed by atoms with E-state index in [9.17, 15) is 0 Å². The first-order chi connectivity index (χ1) is 7.97. The molecule has 1 aromatic heterocycles. The highest BCUT2D eigenvalue weighted by molar-refractivity contribution is 7.09. The molecule has 17 heavy (non-hydrogen) atoms. The van der Waals surface area contributed by atoms with E-state index in [1.165, 1.54) is 11.5 Å². The van der Waals surface area contributed by atoms with Crippen LogP contribution in [-0.2, 0) is 5.41 Å². The summed E-state index contributed by atoms with van der Waals surface area (Å²) in [6, 6.07) is 0. The predicted octanol–water partition coefficient (Wildman–Crippen LogP) is 2.59. The largest absolute Gasteiger partial charge is 0.359 e. The molecule has 1 heterocycles. The molecule has 1 N–H and O–H groups in total. The fourth-order valence-electron chi connectivity index (χ4n) is 1.46. The van der Waals surface area contributed by atoms with Crippen molar-refractivity contribution < 1.29 is 0 Å². The van der Waals surface area contributed by atoms with Gasteiger partial charge in [0.25, 0.3) is 0 Å². The summed E-state index contributed by atoms with van der Waals surface area (Å²) in [4.78, 5) is 6.90. The maximum atomic E-state index is 4.51. The SMILES string of the molecule is CCN(CC)CCNc1nc(C(C)(C)C)ns1. The molecule has 0 aliphatic heterocycles. The van der Waals surface area contributed by atoms with Crippen molar-refractivity contribution in [3.8, 4) is 0 Å². The molecule has 0 aliphatic rings. The van der Waals surface area contributed by atoms with Crippen molar-refractivity contribution in [3.05, 3.63) is 5.82 Å². The summed E-state index contributed by atoms with van der Waals surface area (Å²) >= 11 is 1.45. The number of rotatable bonds is 6. The van der Waals surface area contributed by atoms with Gasteiger partial charge < -0.3 is 10.2 Å². The Bertz CT molecular complexity index is 325. The van der Waals surface area contributed by atoms with Gasteiger partial charge in [0.2, 0.25) is 5.13 Å². The summed E-state index contributed by atoms with van der Waals surface area (Å²) in [5, 5.41) is 4.27.